The molecule has 0 saturated carbocycles. The third kappa shape index (κ3) is 3.45. The van der Waals surface area contributed by atoms with E-state index in [-0.39, 0.29) is 12.5 Å². The number of H-pyrrole nitrogens is 1. The van der Waals surface area contributed by atoms with Crippen LogP contribution >= 0.6 is 0 Å². The molecule has 1 aliphatic rings. The van der Waals surface area contributed by atoms with E-state index in [1.165, 1.54) is 6.92 Å². The number of nitrogens with zero attached hydrogens (tertiary/aromatic N) is 1. The number of amides is 1. The maximum atomic E-state index is 12.7. The fraction of sp³-hybridized carbons (Fsp3) is 0.250. The lowest BCUT2D eigenvalue weighted by molar-refractivity contribution is -0.136. The van der Waals surface area contributed by atoms with E-state index in [1.807, 2.05) is 36.4 Å². The molecular formula is C24H24N2O4. The lowest BCUT2D eigenvalue weighted by atomic mass is 9.99. The fourth-order valence-corrected chi connectivity index (χ4v) is 3.92. The van der Waals surface area contributed by atoms with E-state index in [0.29, 0.717) is 24.2 Å². The van der Waals surface area contributed by atoms with Crippen molar-refractivity contribution in [2.75, 3.05) is 20.3 Å². The Labute approximate surface area is 175 Å². The average molecular weight is 404 g/mol. The number of carbonyl (C=O) groups excluding carboxylic acids is 2. The van der Waals surface area contributed by atoms with Crippen molar-refractivity contribution in [2.24, 2.45) is 0 Å². The van der Waals surface area contributed by atoms with Crippen LogP contribution in [-0.2, 0) is 20.7 Å². The van der Waals surface area contributed by atoms with Gasteiger partial charge in [0.05, 0.1) is 25.0 Å². The molecule has 4 rings (SSSR count). The molecule has 154 valence electrons. The molecule has 6 heteroatoms. The predicted molar refractivity (Wildman–Crippen MR) is 116 cm³/mol. The minimum atomic E-state index is -0.441. The summed E-state index contributed by atoms with van der Waals surface area (Å²) < 4.78 is 10.8. The number of nitrogens with one attached hydrogen (secondary N) is 1. The monoisotopic (exact) mass is 404 g/mol. The number of aromatic amines is 1. The summed E-state index contributed by atoms with van der Waals surface area (Å²) in [6.45, 7) is 4.03. The molecule has 1 aromatic heterocycles. The predicted octanol–water partition coefficient (Wildman–Crippen LogP) is 4.15. The third-order valence-corrected chi connectivity index (χ3v) is 5.38. The van der Waals surface area contributed by atoms with Crippen molar-refractivity contribution < 1.29 is 19.1 Å². The standard InChI is InChI=1S/C24H24N2O4/c1-4-30-24(28)20-14-26(15(2)27)12-11-18-19-13-16(9-10-21(19)25-23(18)20)17-7-5-6-8-22(17)29-3/h5-10,13-14,25H,4,11-12H2,1-3H3. The van der Waals surface area contributed by atoms with Crippen molar-refractivity contribution >= 4 is 28.4 Å². The first-order valence-electron chi connectivity index (χ1n) is 9.98. The van der Waals surface area contributed by atoms with Crippen LogP contribution in [0.1, 0.15) is 25.1 Å². The molecule has 1 aliphatic heterocycles. The van der Waals surface area contributed by atoms with Gasteiger partial charge in [-0.2, -0.15) is 0 Å². The molecule has 2 heterocycles. The Hall–Kier alpha value is -3.54. The highest BCUT2D eigenvalue weighted by Crippen LogP contribution is 2.36. The summed E-state index contributed by atoms with van der Waals surface area (Å²) in [7, 11) is 1.66. The van der Waals surface area contributed by atoms with Gasteiger partial charge in [0.2, 0.25) is 5.91 Å². The Balaban J connectivity index is 1.87. The Morgan fingerprint density at radius 1 is 1.17 bits per heavy atom. The summed E-state index contributed by atoms with van der Waals surface area (Å²) in [5.74, 6) is 0.248. The van der Waals surface area contributed by atoms with Crippen molar-refractivity contribution in [2.45, 2.75) is 20.3 Å². The van der Waals surface area contributed by atoms with Gasteiger partial charge in [0, 0.05) is 36.1 Å². The summed E-state index contributed by atoms with van der Waals surface area (Å²) in [6, 6.07) is 14.0. The molecule has 0 aliphatic carbocycles. The van der Waals surface area contributed by atoms with Crippen molar-refractivity contribution in [1.82, 2.24) is 9.88 Å². The Morgan fingerprint density at radius 2 is 1.97 bits per heavy atom. The maximum Gasteiger partial charge on any atom is 0.341 e. The summed E-state index contributed by atoms with van der Waals surface area (Å²) in [5, 5.41) is 1.02. The van der Waals surface area contributed by atoms with Crippen LogP contribution in [0.4, 0.5) is 0 Å². The van der Waals surface area contributed by atoms with Crippen LogP contribution in [0, 0.1) is 0 Å². The normalized spacial score (nSPS) is 13.4. The van der Waals surface area contributed by atoms with Crippen molar-refractivity contribution in [3.63, 3.8) is 0 Å². The number of methoxy groups -OCH3 is 1. The van der Waals surface area contributed by atoms with Gasteiger partial charge >= 0.3 is 5.97 Å². The first-order valence-corrected chi connectivity index (χ1v) is 9.98. The zero-order valence-electron chi connectivity index (χ0n) is 17.3. The van der Waals surface area contributed by atoms with Gasteiger partial charge in [-0.15, -0.1) is 0 Å². The van der Waals surface area contributed by atoms with Gasteiger partial charge < -0.3 is 19.4 Å². The number of ether oxygens (including phenoxy) is 2. The second-order valence-corrected chi connectivity index (χ2v) is 7.16. The van der Waals surface area contributed by atoms with Crippen LogP contribution in [-0.4, -0.2) is 42.0 Å². The Kier molecular flexibility index (Phi) is 5.31. The molecular weight excluding hydrogens is 380 g/mol. The van der Waals surface area contributed by atoms with Crippen LogP contribution in [0.5, 0.6) is 5.75 Å². The van der Waals surface area contributed by atoms with Gasteiger partial charge in [0.1, 0.15) is 5.75 Å². The maximum absolute atomic E-state index is 12.7. The second-order valence-electron chi connectivity index (χ2n) is 7.16. The van der Waals surface area contributed by atoms with Gasteiger partial charge in [-0.1, -0.05) is 24.3 Å². The van der Waals surface area contributed by atoms with Gasteiger partial charge in [0.25, 0.3) is 0 Å². The van der Waals surface area contributed by atoms with E-state index in [1.54, 1.807) is 25.1 Å². The molecule has 2 aromatic carbocycles. The number of esters is 1. The smallest absolute Gasteiger partial charge is 0.341 e. The molecule has 0 fully saturated rings. The highest BCUT2D eigenvalue weighted by Gasteiger charge is 2.26. The minimum Gasteiger partial charge on any atom is -0.496 e. The molecule has 1 amide bonds. The molecule has 0 spiro atoms. The lowest BCUT2D eigenvalue weighted by Gasteiger charge is -2.15. The van der Waals surface area contributed by atoms with E-state index in [4.69, 9.17) is 9.47 Å². The highest BCUT2D eigenvalue weighted by molar-refractivity contribution is 6.18. The molecule has 1 N–H and O–H groups in total. The van der Waals surface area contributed by atoms with Gasteiger partial charge in [-0.25, -0.2) is 4.79 Å². The summed E-state index contributed by atoms with van der Waals surface area (Å²) in [5.41, 5.74) is 5.04. The number of hydrogen-bond donors (Lipinski definition) is 1. The molecule has 0 bridgehead atoms. The number of benzene rings is 2. The zero-order valence-corrected chi connectivity index (χ0v) is 17.3. The summed E-state index contributed by atoms with van der Waals surface area (Å²) in [4.78, 5) is 29.6. The number of rotatable bonds is 4. The van der Waals surface area contributed by atoms with Crippen LogP contribution in [0.15, 0.2) is 48.7 Å². The minimum absolute atomic E-state index is 0.110. The molecule has 0 atom stereocenters. The molecule has 0 unspecified atom stereocenters. The van der Waals surface area contributed by atoms with Crippen LogP contribution in [0.2, 0.25) is 0 Å². The zero-order chi connectivity index (χ0) is 21.3. The van der Waals surface area contributed by atoms with Crippen LogP contribution in [0.25, 0.3) is 27.6 Å². The number of hydrogen-bond acceptors (Lipinski definition) is 4. The largest absolute Gasteiger partial charge is 0.496 e. The van der Waals surface area contributed by atoms with Gasteiger partial charge in [-0.3, -0.25) is 4.79 Å². The molecule has 6 nitrogen and oxygen atoms in total. The quantitative estimate of drug-likeness (QED) is 0.663. The lowest BCUT2D eigenvalue weighted by Crippen LogP contribution is -2.25. The van der Waals surface area contributed by atoms with E-state index in [9.17, 15) is 9.59 Å². The summed E-state index contributed by atoms with van der Waals surface area (Å²) >= 11 is 0. The van der Waals surface area contributed by atoms with Crippen molar-refractivity contribution in [3.05, 3.63) is 59.9 Å². The Bertz CT molecular complexity index is 1160. The van der Waals surface area contributed by atoms with Crippen LogP contribution in [0.3, 0.4) is 0 Å². The summed E-state index contributed by atoms with van der Waals surface area (Å²) in [6.07, 6.45) is 2.23. The molecule has 0 radical (unpaired) electrons. The molecule has 30 heavy (non-hydrogen) atoms. The number of fused-ring (bicyclic) bond motifs is 3. The number of aromatic nitrogens is 1. The first kappa shape index (κ1) is 19.8. The molecule has 0 saturated heterocycles. The Morgan fingerprint density at radius 3 is 2.70 bits per heavy atom. The number of carbonyl (C=O) groups is 2. The van der Waals surface area contributed by atoms with Crippen molar-refractivity contribution in [1.29, 1.82) is 0 Å². The van der Waals surface area contributed by atoms with E-state index >= 15 is 0 Å². The first-order chi connectivity index (χ1) is 14.5. The second kappa shape index (κ2) is 8.06. The topological polar surface area (TPSA) is 71.6 Å². The van der Waals surface area contributed by atoms with E-state index in [2.05, 4.69) is 11.1 Å². The van der Waals surface area contributed by atoms with Crippen molar-refractivity contribution in [3.8, 4) is 16.9 Å². The number of para-hydroxylation sites is 1. The van der Waals surface area contributed by atoms with E-state index < -0.39 is 5.97 Å². The SMILES string of the molecule is CCOC(=O)C1=CN(C(C)=O)CCc2c1[nH]c1ccc(-c3ccccc3OC)cc21. The highest BCUT2D eigenvalue weighted by atomic mass is 16.5. The van der Waals surface area contributed by atoms with E-state index in [0.717, 1.165) is 33.3 Å². The van der Waals surface area contributed by atoms with Crippen LogP contribution < -0.4 is 4.74 Å². The van der Waals surface area contributed by atoms with Gasteiger partial charge in [-0.05, 0) is 42.7 Å². The fourth-order valence-electron chi connectivity index (χ4n) is 3.92. The average Bonchev–Trinajstić information content (AvgIpc) is 2.99. The third-order valence-electron chi connectivity index (χ3n) is 5.38. The molecule has 3 aromatic rings. The van der Waals surface area contributed by atoms with Gasteiger partial charge in [0.15, 0.2) is 0 Å².